The molecule has 2 aromatic rings. The summed E-state index contributed by atoms with van der Waals surface area (Å²) in [6, 6.07) is 19.3. The van der Waals surface area contributed by atoms with Crippen molar-refractivity contribution in [3.8, 4) is 0 Å². The van der Waals surface area contributed by atoms with E-state index in [0.29, 0.717) is 6.61 Å². The average molecular weight is 383 g/mol. The Hall–Kier alpha value is -2.66. The molecule has 0 aliphatic heterocycles. The summed E-state index contributed by atoms with van der Waals surface area (Å²) < 4.78 is 11.0. The van der Waals surface area contributed by atoms with Crippen molar-refractivity contribution in [2.45, 2.75) is 38.3 Å². The fourth-order valence-electron chi connectivity index (χ4n) is 2.87. The van der Waals surface area contributed by atoms with Gasteiger partial charge in [0.2, 0.25) is 0 Å². The van der Waals surface area contributed by atoms with Crippen LogP contribution < -0.4 is 0 Å². The Morgan fingerprint density at radius 1 is 0.857 bits per heavy atom. The zero-order valence-corrected chi connectivity index (χ0v) is 16.8. The largest absolute Gasteiger partial charge is 0.464 e. The summed E-state index contributed by atoms with van der Waals surface area (Å²) in [6.07, 6.45) is 0.398. The second-order valence-electron chi connectivity index (χ2n) is 6.90. The van der Waals surface area contributed by atoms with Crippen LogP contribution in [0.4, 0.5) is 0 Å². The highest BCUT2D eigenvalue weighted by molar-refractivity contribution is 5.78. The lowest BCUT2D eigenvalue weighted by Gasteiger charge is -2.22. The van der Waals surface area contributed by atoms with Gasteiger partial charge in [-0.2, -0.15) is 0 Å². The molecule has 2 aromatic carbocycles. The molecule has 0 N–H and O–H groups in total. The number of rotatable bonds is 10. The number of nitrogens with zero attached hydrogens (tertiary/aromatic N) is 1. The van der Waals surface area contributed by atoms with Crippen LogP contribution in [-0.2, 0) is 19.1 Å². The van der Waals surface area contributed by atoms with Crippen molar-refractivity contribution in [3.63, 3.8) is 0 Å². The van der Waals surface area contributed by atoms with Crippen LogP contribution in [0, 0.1) is 0 Å². The van der Waals surface area contributed by atoms with Crippen LogP contribution in [0.2, 0.25) is 0 Å². The van der Waals surface area contributed by atoms with E-state index in [0.717, 1.165) is 17.5 Å². The number of ether oxygens (including phenoxy) is 2. The zero-order chi connectivity index (χ0) is 20.4. The third kappa shape index (κ3) is 6.82. The maximum absolute atomic E-state index is 12.4. The summed E-state index contributed by atoms with van der Waals surface area (Å²) in [4.78, 5) is 26.4. The predicted octanol–water partition coefficient (Wildman–Crippen LogP) is 3.98. The number of likely N-dealkylation sites (N-methyl/N-ethyl adjacent to an activating group) is 1. The van der Waals surface area contributed by atoms with Crippen molar-refractivity contribution in [1.82, 2.24) is 4.90 Å². The minimum absolute atomic E-state index is 0.00619. The highest BCUT2D eigenvalue weighted by Crippen LogP contribution is 2.26. The standard InChI is InChI=1S/C23H29NO4/c1-4-20(24(2)3)17-27-21(25)15-16-22(26)28-23(18-11-7-5-8-12-18)19-13-9-6-10-14-19/h5-14,20,23H,4,15-17H2,1-3H3. The maximum Gasteiger partial charge on any atom is 0.307 e. The molecule has 1 atom stereocenters. The molecule has 0 radical (unpaired) electrons. The van der Waals surface area contributed by atoms with E-state index in [1.165, 1.54) is 0 Å². The fourth-order valence-corrected chi connectivity index (χ4v) is 2.87. The Morgan fingerprint density at radius 3 is 1.82 bits per heavy atom. The van der Waals surface area contributed by atoms with Gasteiger partial charge in [0.15, 0.2) is 6.10 Å². The van der Waals surface area contributed by atoms with E-state index in [1.807, 2.05) is 86.6 Å². The molecule has 0 amide bonds. The first-order chi connectivity index (χ1) is 13.5. The Kier molecular flexibility index (Phi) is 8.69. The molecule has 0 spiro atoms. The van der Waals surface area contributed by atoms with Crippen molar-refractivity contribution in [2.75, 3.05) is 20.7 Å². The van der Waals surface area contributed by atoms with Gasteiger partial charge in [0.1, 0.15) is 6.61 Å². The van der Waals surface area contributed by atoms with Crippen LogP contribution in [0.3, 0.4) is 0 Å². The molecule has 150 valence electrons. The summed E-state index contributed by atoms with van der Waals surface area (Å²) in [5.74, 6) is -0.803. The summed E-state index contributed by atoms with van der Waals surface area (Å²) in [5, 5.41) is 0. The van der Waals surface area contributed by atoms with Crippen molar-refractivity contribution in [3.05, 3.63) is 71.8 Å². The van der Waals surface area contributed by atoms with Crippen LogP contribution >= 0.6 is 0 Å². The molecule has 0 aliphatic rings. The molecular formula is C23H29NO4. The van der Waals surface area contributed by atoms with Gasteiger partial charge in [-0.05, 0) is 31.6 Å². The van der Waals surface area contributed by atoms with Gasteiger partial charge in [-0.1, -0.05) is 67.6 Å². The number of hydrogen-bond acceptors (Lipinski definition) is 5. The Balaban J connectivity index is 1.91. The smallest absolute Gasteiger partial charge is 0.307 e. The van der Waals surface area contributed by atoms with Gasteiger partial charge in [0.25, 0.3) is 0 Å². The highest BCUT2D eigenvalue weighted by Gasteiger charge is 2.20. The topological polar surface area (TPSA) is 55.8 Å². The van der Waals surface area contributed by atoms with Crippen molar-refractivity contribution in [1.29, 1.82) is 0 Å². The number of carbonyl (C=O) groups excluding carboxylic acids is 2. The Bertz CT molecular complexity index is 691. The predicted molar refractivity (Wildman–Crippen MR) is 109 cm³/mol. The van der Waals surface area contributed by atoms with Gasteiger partial charge >= 0.3 is 11.9 Å². The third-order valence-corrected chi connectivity index (χ3v) is 4.63. The third-order valence-electron chi connectivity index (χ3n) is 4.63. The van der Waals surface area contributed by atoms with Crippen LogP contribution in [-0.4, -0.2) is 43.6 Å². The molecule has 0 aromatic heterocycles. The van der Waals surface area contributed by atoms with Gasteiger partial charge in [0, 0.05) is 6.04 Å². The molecular weight excluding hydrogens is 354 g/mol. The van der Waals surface area contributed by atoms with Gasteiger partial charge in [-0.25, -0.2) is 0 Å². The summed E-state index contributed by atoms with van der Waals surface area (Å²) in [7, 11) is 3.90. The van der Waals surface area contributed by atoms with E-state index in [1.54, 1.807) is 0 Å². The molecule has 0 heterocycles. The van der Waals surface area contributed by atoms with E-state index < -0.39 is 12.1 Å². The second-order valence-corrected chi connectivity index (χ2v) is 6.90. The molecule has 0 saturated heterocycles. The molecule has 28 heavy (non-hydrogen) atoms. The molecule has 1 unspecified atom stereocenters. The van der Waals surface area contributed by atoms with E-state index in [-0.39, 0.29) is 24.9 Å². The Morgan fingerprint density at radius 2 is 1.36 bits per heavy atom. The molecule has 0 saturated carbocycles. The minimum Gasteiger partial charge on any atom is -0.464 e. The summed E-state index contributed by atoms with van der Waals surface area (Å²) in [6.45, 7) is 2.37. The van der Waals surface area contributed by atoms with Gasteiger partial charge in [-0.15, -0.1) is 0 Å². The SMILES string of the molecule is CCC(COC(=O)CCC(=O)OC(c1ccccc1)c1ccccc1)N(C)C. The zero-order valence-electron chi connectivity index (χ0n) is 16.8. The quantitative estimate of drug-likeness (QED) is 0.581. The van der Waals surface area contributed by atoms with E-state index in [9.17, 15) is 9.59 Å². The number of carbonyl (C=O) groups is 2. The average Bonchev–Trinajstić information content (AvgIpc) is 2.72. The minimum atomic E-state index is -0.496. The monoisotopic (exact) mass is 383 g/mol. The highest BCUT2D eigenvalue weighted by atomic mass is 16.5. The lowest BCUT2D eigenvalue weighted by molar-refractivity contribution is -0.153. The number of esters is 2. The first kappa shape index (κ1) is 21.6. The second kappa shape index (κ2) is 11.2. The summed E-state index contributed by atoms with van der Waals surface area (Å²) >= 11 is 0. The van der Waals surface area contributed by atoms with Gasteiger partial charge in [0.05, 0.1) is 12.8 Å². The van der Waals surface area contributed by atoms with Crippen LogP contribution in [0.1, 0.15) is 43.4 Å². The van der Waals surface area contributed by atoms with E-state index in [2.05, 4.69) is 0 Å². The van der Waals surface area contributed by atoms with Gasteiger partial charge in [-0.3, -0.25) is 9.59 Å². The molecule has 0 aliphatic carbocycles. The van der Waals surface area contributed by atoms with Crippen molar-refractivity contribution in [2.24, 2.45) is 0 Å². The molecule has 5 nitrogen and oxygen atoms in total. The summed E-state index contributed by atoms with van der Waals surface area (Å²) in [5.41, 5.74) is 1.78. The molecule has 5 heteroatoms. The van der Waals surface area contributed by atoms with Crippen molar-refractivity contribution < 1.29 is 19.1 Å². The molecule has 0 fully saturated rings. The van der Waals surface area contributed by atoms with Crippen LogP contribution in [0.15, 0.2) is 60.7 Å². The molecule has 2 rings (SSSR count). The number of benzene rings is 2. The van der Waals surface area contributed by atoms with Crippen molar-refractivity contribution >= 4 is 11.9 Å². The maximum atomic E-state index is 12.4. The lowest BCUT2D eigenvalue weighted by Crippen LogP contribution is -2.32. The lowest BCUT2D eigenvalue weighted by atomic mass is 10.0. The normalized spacial score (nSPS) is 12.0. The van der Waals surface area contributed by atoms with Gasteiger partial charge < -0.3 is 14.4 Å². The first-order valence-corrected chi connectivity index (χ1v) is 9.62. The Labute approximate surface area is 167 Å². The van der Waals surface area contributed by atoms with E-state index >= 15 is 0 Å². The van der Waals surface area contributed by atoms with Crippen LogP contribution in [0.25, 0.3) is 0 Å². The fraction of sp³-hybridized carbons (Fsp3) is 0.391. The van der Waals surface area contributed by atoms with E-state index in [4.69, 9.17) is 9.47 Å². The van der Waals surface area contributed by atoms with Crippen LogP contribution in [0.5, 0.6) is 0 Å². The number of hydrogen-bond donors (Lipinski definition) is 0. The molecule has 0 bridgehead atoms. The first-order valence-electron chi connectivity index (χ1n) is 9.62.